The van der Waals surface area contributed by atoms with Gasteiger partial charge in [0.2, 0.25) is 5.88 Å². The summed E-state index contributed by atoms with van der Waals surface area (Å²) in [6, 6.07) is 8.05. The molecule has 35 heavy (non-hydrogen) atoms. The summed E-state index contributed by atoms with van der Waals surface area (Å²) >= 11 is 1.62. The normalized spacial score (nSPS) is 13.6. The molecule has 5 rings (SSSR count). The second-order valence-corrected chi connectivity index (χ2v) is 9.03. The van der Waals surface area contributed by atoms with Crippen LogP contribution in [0.5, 0.6) is 11.6 Å². The van der Waals surface area contributed by atoms with Gasteiger partial charge in [-0.3, -0.25) is 9.59 Å². The Labute approximate surface area is 205 Å². The van der Waals surface area contributed by atoms with Crippen molar-refractivity contribution in [1.82, 2.24) is 14.9 Å². The van der Waals surface area contributed by atoms with E-state index in [-0.39, 0.29) is 5.56 Å². The number of amides is 1. The van der Waals surface area contributed by atoms with Crippen molar-refractivity contribution in [3.8, 4) is 11.6 Å². The number of piperidine rings is 1. The first kappa shape index (κ1) is 22.6. The maximum atomic E-state index is 13.2. The molecule has 1 fully saturated rings. The van der Waals surface area contributed by atoms with Crippen LogP contribution in [0.2, 0.25) is 0 Å². The number of nitrogens with one attached hydrogen (secondary N) is 1. The molecule has 0 atom stereocenters. The summed E-state index contributed by atoms with van der Waals surface area (Å²) in [5.74, 6) is -0.503. The third-order valence-corrected chi connectivity index (χ3v) is 7.29. The Kier molecular flexibility index (Phi) is 5.97. The third kappa shape index (κ3) is 3.82. The number of ketones is 1. The predicted molar refractivity (Wildman–Crippen MR) is 135 cm³/mol. The largest absolute Gasteiger partial charge is 0.494 e. The number of benzene rings is 1. The van der Waals surface area contributed by atoms with Crippen molar-refractivity contribution in [1.29, 1.82) is 0 Å². The van der Waals surface area contributed by atoms with Crippen molar-refractivity contribution in [3.05, 3.63) is 70.2 Å². The quantitative estimate of drug-likeness (QED) is 0.245. The van der Waals surface area contributed by atoms with Gasteiger partial charge >= 0.3 is 0 Å². The molecule has 0 bridgehead atoms. The number of rotatable bonds is 5. The van der Waals surface area contributed by atoms with Gasteiger partial charge < -0.3 is 19.4 Å². The third-order valence-electron chi connectivity index (χ3n) is 6.33. The summed E-state index contributed by atoms with van der Waals surface area (Å²) in [5.41, 5.74) is 3.33. The van der Waals surface area contributed by atoms with Crippen molar-refractivity contribution >= 4 is 49.7 Å². The van der Waals surface area contributed by atoms with Crippen LogP contribution in [0.3, 0.4) is 0 Å². The first-order valence-electron chi connectivity index (χ1n) is 11.0. The zero-order valence-corrected chi connectivity index (χ0v) is 20.1. The summed E-state index contributed by atoms with van der Waals surface area (Å²) in [7, 11) is 2.97. The van der Waals surface area contributed by atoms with Gasteiger partial charge in [-0.2, -0.15) is 0 Å². The number of hydrogen-bond donors (Lipinski definition) is 1. The van der Waals surface area contributed by atoms with Crippen LogP contribution in [0.25, 0.3) is 31.5 Å². The molecule has 1 N–H and O–H groups in total. The fourth-order valence-electron chi connectivity index (χ4n) is 4.55. The highest BCUT2D eigenvalue weighted by molar-refractivity contribution is 7.17. The molecule has 0 spiro atoms. The summed E-state index contributed by atoms with van der Waals surface area (Å²) in [6.07, 6.45) is 4.06. The van der Waals surface area contributed by atoms with E-state index in [1.54, 1.807) is 16.2 Å². The van der Waals surface area contributed by atoms with Crippen LogP contribution in [0.15, 0.2) is 47.6 Å². The number of likely N-dealkylation sites (tertiary alicyclic amines) is 1. The Morgan fingerprint density at radius 1 is 1.14 bits per heavy atom. The minimum absolute atomic E-state index is 0.218. The molecule has 0 saturated carbocycles. The monoisotopic (exact) mass is 486 g/mol. The zero-order valence-electron chi connectivity index (χ0n) is 19.3. The van der Waals surface area contributed by atoms with Crippen LogP contribution < -0.4 is 9.47 Å². The number of thiophene rings is 1. The number of hydrogen-bond acceptors (Lipinski definition) is 6. The second-order valence-electron chi connectivity index (χ2n) is 8.12. The number of H-pyrrole nitrogens is 1. The van der Waals surface area contributed by atoms with Gasteiger partial charge in [-0.05, 0) is 35.2 Å². The lowest BCUT2D eigenvalue weighted by Gasteiger charge is -2.28. The van der Waals surface area contributed by atoms with Gasteiger partial charge in [0.1, 0.15) is 11.3 Å². The zero-order chi connectivity index (χ0) is 24.5. The van der Waals surface area contributed by atoms with Gasteiger partial charge in [-0.1, -0.05) is 23.8 Å². The number of carbonyl (C=O) groups excluding carboxylic acids is 2. The molecule has 1 aliphatic rings. The average molecular weight is 487 g/mol. The molecule has 0 radical (unpaired) electrons. The van der Waals surface area contributed by atoms with Crippen molar-refractivity contribution in [3.63, 3.8) is 0 Å². The molecule has 8 nitrogen and oxygen atoms in total. The average Bonchev–Trinajstić information content (AvgIpc) is 3.54. The predicted octanol–water partition coefficient (Wildman–Crippen LogP) is 4.93. The van der Waals surface area contributed by atoms with Crippen LogP contribution in [0.4, 0.5) is 0 Å². The van der Waals surface area contributed by atoms with Crippen molar-refractivity contribution in [2.75, 3.05) is 27.3 Å². The molecule has 9 heteroatoms. The number of fused-ring (bicyclic) bond motifs is 2. The van der Waals surface area contributed by atoms with E-state index in [0.717, 1.165) is 21.2 Å². The molecule has 4 aromatic rings. The number of nitrogens with zero attached hydrogens (tertiary/aromatic N) is 3. The SMILES string of the molecule is [C-]#[N+]C(=C1CCN(C(=O)C(=O)c2c[nH]c3c(OC)ncc(OC)c23)CC1)c1csc2ccccc12. The van der Waals surface area contributed by atoms with Crippen LogP contribution >= 0.6 is 11.3 Å². The lowest BCUT2D eigenvalue weighted by atomic mass is 9.97. The van der Waals surface area contributed by atoms with E-state index in [9.17, 15) is 9.59 Å². The molecule has 1 aromatic carbocycles. The van der Waals surface area contributed by atoms with Gasteiger partial charge in [-0.15, -0.1) is 11.3 Å². The van der Waals surface area contributed by atoms with E-state index >= 15 is 0 Å². The minimum Gasteiger partial charge on any atom is -0.494 e. The van der Waals surface area contributed by atoms with Crippen LogP contribution in [-0.2, 0) is 4.79 Å². The second kappa shape index (κ2) is 9.24. The standard InChI is InChI=1S/C26H22N4O4S/c1-27-22(18-14-35-20-7-5-4-6-16(18)20)15-8-10-30(11-9-15)26(32)24(31)17-12-28-23-21(17)19(33-2)13-29-25(23)34-3/h4-7,12-14,28H,8-11H2,2-3H3. The van der Waals surface area contributed by atoms with Gasteiger partial charge in [0.05, 0.1) is 37.9 Å². The smallest absolute Gasteiger partial charge is 0.295 e. The van der Waals surface area contributed by atoms with Gasteiger partial charge in [0.15, 0.2) is 5.70 Å². The summed E-state index contributed by atoms with van der Waals surface area (Å²) < 4.78 is 11.8. The lowest BCUT2D eigenvalue weighted by Crippen LogP contribution is -2.40. The molecule has 1 aliphatic heterocycles. The van der Waals surface area contributed by atoms with Crippen LogP contribution in [0, 0.1) is 6.57 Å². The molecular formula is C26H22N4O4S. The molecule has 176 valence electrons. The molecule has 1 saturated heterocycles. The van der Waals surface area contributed by atoms with Gasteiger partial charge in [-0.25, -0.2) is 9.83 Å². The Bertz CT molecular complexity index is 1530. The number of carbonyl (C=O) groups is 2. The first-order chi connectivity index (χ1) is 17.1. The molecular weight excluding hydrogens is 464 g/mol. The molecule has 3 aromatic heterocycles. The fraction of sp³-hybridized carbons (Fsp3) is 0.231. The highest BCUT2D eigenvalue weighted by Crippen LogP contribution is 2.36. The van der Waals surface area contributed by atoms with Crippen LogP contribution in [0.1, 0.15) is 28.8 Å². The number of aromatic nitrogens is 2. The summed E-state index contributed by atoms with van der Waals surface area (Å²) in [5, 5.41) is 3.57. The summed E-state index contributed by atoms with van der Waals surface area (Å²) in [6.45, 7) is 8.56. The van der Waals surface area contributed by atoms with Crippen molar-refractivity contribution < 1.29 is 19.1 Å². The number of methoxy groups -OCH3 is 2. The highest BCUT2D eigenvalue weighted by Gasteiger charge is 2.30. The van der Waals surface area contributed by atoms with E-state index < -0.39 is 11.7 Å². The Morgan fingerprint density at radius 3 is 2.63 bits per heavy atom. The number of aromatic amines is 1. The van der Waals surface area contributed by atoms with E-state index in [1.807, 2.05) is 29.6 Å². The lowest BCUT2D eigenvalue weighted by molar-refractivity contribution is -0.126. The molecule has 1 amide bonds. The Balaban J connectivity index is 1.39. The first-order valence-corrected chi connectivity index (χ1v) is 11.9. The highest BCUT2D eigenvalue weighted by atomic mass is 32.1. The van der Waals surface area contributed by atoms with Crippen LogP contribution in [-0.4, -0.2) is 53.9 Å². The minimum atomic E-state index is -0.621. The number of Topliss-reactive ketones (excluding diaryl/α,β-unsaturated/α-hetero) is 1. The number of ether oxygens (including phenoxy) is 2. The maximum absolute atomic E-state index is 13.2. The van der Waals surface area contributed by atoms with E-state index in [2.05, 4.69) is 14.8 Å². The van der Waals surface area contributed by atoms with Gasteiger partial charge in [0, 0.05) is 24.0 Å². The molecule has 0 aliphatic carbocycles. The maximum Gasteiger partial charge on any atom is 0.295 e. The molecule has 0 unspecified atom stereocenters. The Morgan fingerprint density at radius 2 is 1.91 bits per heavy atom. The fourth-order valence-corrected chi connectivity index (χ4v) is 5.49. The summed E-state index contributed by atoms with van der Waals surface area (Å²) in [4.78, 5) is 38.9. The number of pyridine rings is 1. The van der Waals surface area contributed by atoms with Crippen molar-refractivity contribution in [2.45, 2.75) is 12.8 Å². The van der Waals surface area contributed by atoms with E-state index in [1.165, 1.54) is 26.6 Å². The van der Waals surface area contributed by atoms with E-state index in [4.69, 9.17) is 16.0 Å². The van der Waals surface area contributed by atoms with Gasteiger partial charge in [0.25, 0.3) is 11.7 Å². The van der Waals surface area contributed by atoms with Crippen molar-refractivity contribution in [2.24, 2.45) is 0 Å². The van der Waals surface area contributed by atoms with E-state index in [0.29, 0.717) is 54.2 Å². The Hall–Kier alpha value is -4.16. The molecule has 4 heterocycles. The topological polar surface area (TPSA) is 88.9 Å².